The fourth-order valence-electron chi connectivity index (χ4n) is 1.87. The fraction of sp³-hybridized carbons (Fsp3) is 0. The van der Waals surface area contributed by atoms with Crippen LogP contribution in [0.3, 0.4) is 0 Å². The highest BCUT2D eigenvalue weighted by Gasteiger charge is 2.12. The average molecular weight is 336 g/mol. The van der Waals surface area contributed by atoms with Gasteiger partial charge in [0, 0.05) is 16.1 Å². The molecule has 6 nitrogen and oxygen atoms in total. The van der Waals surface area contributed by atoms with Crippen molar-refractivity contribution in [1.82, 2.24) is 10.2 Å². The van der Waals surface area contributed by atoms with Gasteiger partial charge in [0.1, 0.15) is 0 Å². The molecule has 8 heteroatoms. The van der Waals surface area contributed by atoms with Crippen molar-refractivity contribution in [1.29, 1.82) is 0 Å². The molecule has 1 aromatic heterocycles. The van der Waals surface area contributed by atoms with Crippen molar-refractivity contribution in [2.45, 2.75) is 4.90 Å². The number of halogens is 1. The third-order valence-corrected chi connectivity index (χ3v) is 4.09. The van der Waals surface area contributed by atoms with Gasteiger partial charge < -0.3 is 4.42 Å². The highest BCUT2D eigenvalue weighted by atomic mass is 35.5. The van der Waals surface area contributed by atoms with Crippen LogP contribution in [0.5, 0.6) is 0 Å². The molecule has 3 aromatic rings. The van der Waals surface area contributed by atoms with Gasteiger partial charge >= 0.3 is 0 Å². The van der Waals surface area contributed by atoms with Crippen LogP contribution in [0.25, 0.3) is 22.9 Å². The van der Waals surface area contributed by atoms with Crippen LogP contribution < -0.4 is 5.14 Å². The zero-order chi connectivity index (χ0) is 15.7. The van der Waals surface area contributed by atoms with Crippen LogP contribution in [0.2, 0.25) is 5.02 Å². The van der Waals surface area contributed by atoms with E-state index in [1.54, 1.807) is 36.4 Å². The first-order chi connectivity index (χ1) is 10.4. The molecule has 22 heavy (non-hydrogen) atoms. The van der Waals surface area contributed by atoms with Crippen molar-refractivity contribution in [3.63, 3.8) is 0 Å². The Morgan fingerprint density at radius 3 is 2.18 bits per heavy atom. The molecule has 3 rings (SSSR count). The Morgan fingerprint density at radius 2 is 1.59 bits per heavy atom. The maximum Gasteiger partial charge on any atom is 0.248 e. The Kier molecular flexibility index (Phi) is 3.69. The molecule has 2 aromatic carbocycles. The average Bonchev–Trinajstić information content (AvgIpc) is 2.96. The maximum absolute atomic E-state index is 11.2. The van der Waals surface area contributed by atoms with E-state index in [0.29, 0.717) is 22.0 Å². The molecule has 0 fully saturated rings. The summed E-state index contributed by atoms with van der Waals surface area (Å²) in [7, 11) is -3.73. The number of nitrogens with zero attached hydrogens (tertiary/aromatic N) is 2. The fourth-order valence-corrected chi connectivity index (χ4v) is 2.57. The normalized spacial score (nSPS) is 11.5. The van der Waals surface area contributed by atoms with E-state index in [0.717, 1.165) is 0 Å². The van der Waals surface area contributed by atoms with Gasteiger partial charge in [-0.05, 0) is 42.5 Å². The molecule has 112 valence electrons. The lowest BCUT2D eigenvalue weighted by Gasteiger charge is -1.99. The molecule has 0 radical (unpaired) electrons. The number of aromatic nitrogens is 2. The molecule has 0 aliphatic carbocycles. The predicted octanol–water partition coefficient (Wildman–Crippen LogP) is 2.70. The van der Waals surface area contributed by atoms with Gasteiger partial charge in [0.05, 0.1) is 4.90 Å². The van der Waals surface area contributed by atoms with E-state index < -0.39 is 10.0 Å². The second kappa shape index (κ2) is 5.53. The van der Waals surface area contributed by atoms with Crippen molar-refractivity contribution in [2.24, 2.45) is 5.14 Å². The van der Waals surface area contributed by atoms with E-state index in [1.165, 1.54) is 12.1 Å². The van der Waals surface area contributed by atoms with Crippen LogP contribution in [0.15, 0.2) is 57.8 Å². The topological polar surface area (TPSA) is 99.1 Å². The predicted molar refractivity (Wildman–Crippen MR) is 81.6 cm³/mol. The Balaban J connectivity index is 1.94. The minimum Gasteiger partial charge on any atom is -0.416 e. The summed E-state index contributed by atoms with van der Waals surface area (Å²) in [4.78, 5) is 0.0193. The third-order valence-electron chi connectivity index (χ3n) is 2.93. The van der Waals surface area contributed by atoms with Crippen molar-refractivity contribution in [2.75, 3.05) is 0 Å². The molecule has 0 spiro atoms. The van der Waals surface area contributed by atoms with Crippen LogP contribution >= 0.6 is 11.6 Å². The summed E-state index contributed by atoms with van der Waals surface area (Å²) < 4.78 is 28.0. The second-order valence-electron chi connectivity index (χ2n) is 4.49. The molecule has 0 saturated heterocycles. The van der Waals surface area contributed by atoms with Gasteiger partial charge in [-0.15, -0.1) is 10.2 Å². The number of rotatable bonds is 3. The summed E-state index contributed by atoms with van der Waals surface area (Å²) in [5.74, 6) is 0.601. The molecule has 1 heterocycles. The van der Waals surface area contributed by atoms with E-state index in [9.17, 15) is 8.42 Å². The highest BCUT2D eigenvalue weighted by molar-refractivity contribution is 7.89. The highest BCUT2D eigenvalue weighted by Crippen LogP contribution is 2.26. The monoisotopic (exact) mass is 335 g/mol. The van der Waals surface area contributed by atoms with Gasteiger partial charge in [0.15, 0.2) is 0 Å². The van der Waals surface area contributed by atoms with E-state index in [4.69, 9.17) is 21.2 Å². The first-order valence-electron chi connectivity index (χ1n) is 6.16. The van der Waals surface area contributed by atoms with Gasteiger partial charge in [0.25, 0.3) is 0 Å². The van der Waals surface area contributed by atoms with Gasteiger partial charge in [-0.3, -0.25) is 0 Å². The summed E-state index contributed by atoms with van der Waals surface area (Å²) in [6.45, 7) is 0. The lowest BCUT2D eigenvalue weighted by Crippen LogP contribution is -2.11. The van der Waals surface area contributed by atoms with Crippen LogP contribution in [0.1, 0.15) is 0 Å². The number of sulfonamides is 1. The summed E-state index contributed by atoms with van der Waals surface area (Å²) in [6, 6.07) is 12.9. The minimum atomic E-state index is -3.73. The Bertz CT molecular complexity index is 921. The quantitative estimate of drug-likeness (QED) is 0.793. The number of hydrogen-bond acceptors (Lipinski definition) is 5. The minimum absolute atomic E-state index is 0.0193. The SMILES string of the molecule is NS(=O)(=O)c1ccc(-c2nnc(-c3cccc(Cl)c3)o2)cc1. The summed E-state index contributed by atoms with van der Waals surface area (Å²) in [6.07, 6.45) is 0. The zero-order valence-corrected chi connectivity index (χ0v) is 12.7. The van der Waals surface area contributed by atoms with Gasteiger partial charge in [-0.2, -0.15) is 0 Å². The standard InChI is InChI=1S/C14H10ClN3O3S/c15-11-3-1-2-10(8-11)14-18-17-13(21-14)9-4-6-12(7-5-9)22(16,19)20/h1-8H,(H2,16,19,20). The number of primary sulfonamides is 1. The van der Waals surface area contributed by atoms with Gasteiger partial charge in [-0.25, -0.2) is 13.6 Å². The van der Waals surface area contributed by atoms with E-state index >= 15 is 0 Å². The molecule has 2 N–H and O–H groups in total. The molecule has 0 aliphatic rings. The second-order valence-corrected chi connectivity index (χ2v) is 6.49. The van der Waals surface area contributed by atoms with Crippen molar-refractivity contribution >= 4 is 21.6 Å². The van der Waals surface area contributed by atoms with Crippen molar-refractivity contribution in [3.05, 3.63) is 53.6 Å². The molecule has 0 aliphatic heterocycles. The van der Waals surface area contributed by atoms with E-state index in [2.05, 4.69) is 10.2 Å². The summed E-state index contributed by atoms with van der Waals surface area (Å²) >= 11 is 5.92. The number of hydrogen-bond donors (Lipinski definition) is 1. The van der Waals surface area contributed by atoms with Gasteiger partial charge in [-0.1, -0.05) is 17.7 Å². The molecule has 0 unspecified atom stereocenters. The number of benzene rings is 2. The van der Waals surface area contributed by atoms with Crippen LogP contribution in [-0.4, -0.2) is 18.6 Å². The maximum atomic E-state index is 11.2. The van der Waals surface area contributed by atoms with Crippen LogP contribution in [0.4, 0.5) is 0 Å². The first kappa shape index (κ1) is 14.7. The largest absolute Gasteiger partial charge is 0.416 e. The van der Waals surface area contributed by atoms with E-state index in [1.807, 2.05) is 0 Å². The lowest BCUT2D eigenvalue weighted by molar-refractivity contribution is 0.584. The Labute approximate surface area is 131 Å². The molecule has 0 atom stereocenters. The first-order valence-corrected chi connectivity index (χ1v) is 8.08. The Morgan fingerprint density at radius 1 is 0.955 bits per heavy atom. The van der Waals surface area contributed by atoms with Crippen molar-refractivity contribution in [3.8, 4) is 22.9 Å². The summed E-state index contributed by atoms with van der Waals surface area (Å²) in [5.41, 5.74) is 1.29. The lowest BCUT2D eigenvalue weighted by atomic mass is 10.2. The molecular formula is C14H10ClN3O3S. The van der Waals surface area contributed by atoms with E-state index in [-0.39, 0.29) is 10.8 Å². The van der Waals surface area contributed by atoms with Crippen LogP contribution in [-0.2, 0) is 10.0 Å². The smallest absolute Gasteiger partial charge is 0.248 e. The number of nitrogens with two attached hydrogens (primary N) is 1. The molecular weight excluding hydrogens is 326 g/mol. The third kappa shape index (κ3) is 3.01. The zero-order valence-electron chi connectivity index (χ0n) is 11.1. The van der Waals surface area contributed by atoms with Gasteiger partial charge in [0.2, 0.25) is 21.8 Å². The van der Waals surface area contributed by atoms with Crippen molar-refractivity contribution < 1.29 is 12.8 Å². The molecule has 0 amide bonds. The molecule has 0 saturated carbocycles. The van der Waals surface area contributed by atoms with Crippen LogP contribution in [0, 0.1) is 0 Å². The Hall–Kier alpha value is -2.22. The summed E-state index contributed by atoms with van der Waals surface area (Å²) in [5, 5.41) is 13.5. The molecule has 0 bridgehead atoms.